The van der Waals surface area contributed by atoms with Crippen LogP contribution in [-0.2, 0) is 0 Å². The Hall–Kier alpha value is -3.79. The Morgan fingerprint density at radius 1 is 0.973 bits per heavy atom. The summed E-state index contributed by atoms with van der Waals surface area (Å²) in [5.74, 6) is 7.31. The first-order valence-corrected chi connectivity index (χ1v) is 12.9. The highest BCUT2D eigenvalue weighted by molar-refractivity contribution is 5.89. The van der Waals surface area contributed by atoms with Crippen molar-refractivity contribution in [3.05, 3.63) is 95.6 Å². The van der Waals surface area contributed by atoms with Crippen molar-refractivity contribution in [2.75, 3.05) is 38.7 Å². The van der Waals surface area contributed by atoms with Crippen molar-refractivity contribution in [1.82, 2.24) is 9.80 Å². The summed E-state index contributed by atoms with van der Waals surface area (Å²) in [6, 6.07) is 25.9. The first-order chi connectivity index (χ1) is 18.2. The van der Waals surface area contributed by atoms with Gasteiger partial charge in [-0.3, -0.25) is 4.90 Å². The third-order valence-corrected chi connectivity index (χ3v) is 7.40. The molecule has 2 N–H and O–H groups in total. The molecule has 2 amide bonds. The number of hydrogen-bond acceptors (Lipinski definition) is 4. The van der Waals surface area contributed by atoms with E-state index in [4.69, 9.17) is 4.74 Å². The first kappa shape index (κ1) is 24.9. The maximum atomic E-state index is 13.2. The van der Waals surface area contributed by atoms with Crippen LogP contribution >= 0.6 is 0 Å². The van der Waals surface area contributed by atoms with Crippen LogP contribution in [-0.4, -0.2) is 66.4 Å². The molecule has 0 aliphatic carbocycles. The largest absolute Gasteiger partial charge is 0.497 e. The van der Waals surface area contributed by atoms with E-state index in [2.05, 4.69) is 46.3 Å². The lowest BCUT2D eigenvalue weighted by atomic mass is 9.74. The zero-order valence-electron chi connectivity index (χ0n) is 21.1. The van der Waals surface area contributed by atoms with E-state index in [1.54, 1.807) is 7.11 Å². The Morgan fingerprint density at radius 3 is 2.43 bits per heavy atom. The molecule has 2 heterocycles. The van der Waals surface area contributed by atoms with Gasteiger partial charge < -0.3 is 20.1 Å². The van der Waals surface area contributed by atoms with Gasteiger partial charge in [0.15, 0.2) is 0 Å². The quantitative estimate of drug-likeness (QED) is 0.521. The second-order valence-corrected chi connectivity index (χ2v) is 9.63. The Bertz CT molecular complexity index is 1270. The Morgan fingerprint density at radius 2 is 1.70 bits per heavy atom. The molecule has 2 aliphatic heterocycles. The predicted octanol–water partition coefficient (Wildman–Crippen LogP) is 4.55. The van der Waals surface area contributed by atoms with Crippen molar-refractivity contribution < 1.29 is 14.6 Å². The second kappa shape index (κ2) is 11.5. The SMILES string of the molecule is COc1cccc(NC(=O)N2CCCCN3C(CO)C(c4ccc(C#Cc5ccccc5)cc4)C3C2)c1. The number of aliphatic hydroxyl groups excluding tert-OH is 1. The lowest BCUT2D eigenvalue weighted by molar-refractivity contribution is -0.0585. The molecule has 2 aliphatic rings. The van der Waals surface area contributed by atoms with E-state index in [0.717, 1.165) is 30.5 Å². The molecule has 0 spiro atoms. The minimum Gasteiger partial charge on any atom is -0.497 e. The molecule has 3 unspecified atom stereocenters. The topological polar surface area (TPSA) is 65.0 Å². The summed E-state index contributed by atoms with van der Waals surface area (Å²) in [6.45, 7) is 2.38. The zero-order valence-corrected chi connectivity index (χ0v) is 21.1. The maximum Gasteiger partial charge on any atom is 0.321 e. The molecule has 2 fully saturated rings. The van der Waals surface area contributed by atoms with Gasteiger partial charge in [-0.15, -0.1) is 0 Å². The van der Waals surface area contributed by atoms with Crippen molar-refractivity contribution in [2.24, 2.45) is 0 Å². The number of aliphatic hydroxyl groups is 1. The number of amides is 2. The summed E-state index contributed by atoms with van der Waals surface area (Å²) < 4.78 is 5.29. The molecule has 3 atom stereocenters. The summed E-state index contributed by atoms with van der Waals surface area (Å²) >= 11 is 0. The third kappa shape index (κ3) is 5.64. The van der Waals surface area contributed by atoms with Gasteiger partial charge in [0.05, 0.1) is 13.7 Å². The van der Waals surface area contributed by atoms with Gasteiger partial charge in [0.25, 0.3) is 0 Å². The van der Waals surface area contributed by atoms with Gasteiger partial charge in [-0.2, -0.15) is 0 Å². The fourth-order valence-electron chi connectivity index (χ4n) is 5.48. The number of fused-ring (bicyclic) bond motifs is 1. The first-order valence-electron chi connectivity index (χ1n) is 12.9. The zero-order chi connectivity index (χ0) is 25.6. The number of urea groups is 1. The molecule has 3 aromatic carbocycles. The fraction of sp³-hybridized carbons (Fsp3) is 0.323. The number of nitrogens with zero attached hydrogens (tertiary/aromatic N) is 2. The van der Waals surface area contributed by atoms with E-state index in [1.165, 1.54) is 5.56 Å². The number of methoxy groups -OCH3 is 1. The lowest BCUT2D eigenvalue weighted by Gasteiger charge is -2.57. The van der Waals surface area contributed by atoms with Crippen molar-refractivity contribution in [3.8, 4) is 17.6 Å². The van der Waals surface area contributed by atoms with Crippen LogP contribution in [0.2, 0.25) is 0 Å². The average molecular weight is 496 g/mol. The summed E-state index contributed by atoms with van der Waals surface area (Å²) in [6.07, 6.45) is 1.93. The van der Waals surface area contributed by atoms with Crippen LogP contribution in [0.5, 0.6) is 5.75 Å². The molecule has 0 bridgehead atoms. The number of carbonyl (C=O) groups is 1. The van der Waals surface area contributed by atoms with Crippen LogP contribution in [0.3, 0.4) is 0 Å². The molecule has 0 saturated carbocycles. The van der Waals surface area contributed by atoms with Crippen molar-refractivity contribution in [2.45, 2.75) is 30.8 Å². The van der Waals surface area contributed by atoms with Gasteiger partial charge in [-0.1, -0.05) is 48.2 Å². The van der Waals surface area contributed by atoms with E-state index in [1.807, 2.05) is 59.5 Å². The number of rotatable bonds is 4. The second-order valence-electron chi connectivity index (χ2n) is 9.63. The average Bonchev–Trinajstić information content (AvgIpc) is 2.92. The standard InChI is InChI=1S/C31H33N3O3/c1-37-27-11-7-10-26(20-27)32-31(36)33-18-5-6-19-34-28(21-33)30(29(34)22-35)25-16-14-24(15-17-25)13-12-23-8-3-2-4-9-23/h2-4,7-11,14-17,20,28-30,35H,5-6,18-19,21-22H2,1H3,(H,32,36). The van der Waals surface area contributed by atoms with E-state index in [-0.39, 0.29) is 30.6 Å². The summed E-state index contributed by atoms with van der Waals surface area (Å²) in [5.41, 5.74) is 3.85. The summed E-state index contributed by atoms with van der Waals surface area (Å²) in [7, 11) is 1.62. The van der Waals surface area contributed by atoms with E-state index >= 15 is 0 Å². The number of ether oxygens (including phenoxy) is 1. The number of benzene rings is 3. The Kier molecular flexibility index (Phi) is 7.74. The summed E-state index contributed by atoms with van der Waals surface area (Å²) in [5, 5.41) is 13.3. The van der Waals surface area contributed by atoms with Crippen LogP contribution in [0, 0.1) is 11.8 Å². The molecule has 0 radical (unpaired) electrons. The molecule has 6 nitrogen and oxygen atoms in total. The van der Waals surface area contributed by atoms with Crippen LogP contribution < -0.4 is 10.1 Å². The van der Waals surface area contributed by atoms with Gasteiger partial charge in [-0.25, -0.2) is 4.79 Å². The molecule has 190 valence electrons. The van der Waals surface area contributed by atoms with E-state index in [9.17, 15) is 9.90 Å². The van der Waals surface area contributed by atoms with Gasteiger partial charge in [0, 0.05) is 54.0 Å². The molecule has 2 saturated heterocycles. The van der Waals surface area contributed by atoms with E-state index in [0.29, 0.717) is 24.5 Å². The van der Waals surface area contributed by atoms with Gasteiger partial charge in [0.1, 0.15) is 5.75 Å². The predicted molar refractivity (Wildman–Crippen MR) is 146 cm³/mol. The smallest absolute Gasteiger partial charge is 0.321 e. The van der Waals surface area contributed by atoms with Gasteiger partial charge >= 0.3 is 6.03 Å². The Labute approximate surface area is 218 Å². The van der Waals surface area contributed by atoms with E-state index < -0.39 is 0 Å². The fourth-order valence-corrected chi connectivity index (χ4v) is 5.48. The normalized spacial score (nSPS) is 21.4. The monoisotopic (exact) mass is 495 g/mol. The highest BCUT2D eigenvalue weighted by Gasteiger charge is 2.49. The minimum absolute atomic E-state index is 0.0626. The van der Waals surface area contributed by atoms with Crippen molar-refractivity contribution in [3.63, 3.8) is 0 Å². The number of nitrogens with one attached hydrogen (secondary N) is 1. The van der Waals surface area contributed by atoms with Crippen LogP contribution in [0.4, 0.5) is 10.5 Å². The highest BCUT2D eigenvalue weighted by atomic mass is 16.5. The molecule has 6 heteroatoms. The molecular formula is C31H33N3O3. The third-order valence-electron chi connectivity index (χ3n) is 7.40. The van der Waals surface area contributed by atoms with Crippen molar-refractivity contribution >= 4 is 11.7 Å². The molecule has 3 aromatic rings. The highest BCUT2D eigenvalue weighted by Crippen LogP contribution is 2.42. The molecule has 5 rings (SSSR count). The van der Waals surface area contributed by atoms with Crippen LogP contribution in [0.15, 0.2) is 78.9 Å². The van der Waals surface area contributed by atoms with Gasteiger partial charge in [0.2, 0.25) is 0 Å². The van der Waals surface area contributed by atoms with Crippen molar-refractivity contribution in [1.29, 1.82) is 0 Å². The van der Waals surface area contributed by atoms with Crippen LogP contribution in [0.1, 0.15) is 35.4 Å². The van der Waals surface area contributed by atoms with Crippen LogP contribution in [0.25, 0.3) is 0 Å². The summed E-state index contributed by atoms with van der Waals surface area (Å²) in [4.78, 5) is 17.5. The van der Waals surface area contributed by atoms with Gasteiger partial charge in [-0.05, 0) is 61.3 Å². The Balaban J connectivity index is 1.31. The molecule has 37 heavy (non-hydrogen) atoms. The number of anilines is 1. The maximum absolute atomic E-state index is 13.2. The number of hydrogen-bond donors (Lipinski definition) is 2. The number of carbonyl (C=O) groups excluding carboxylic acids is 1. The lowest BCUT2D eigenvalue weighted by Crippen LogP contribution is -2.68. The molecule has 0 aromatic heterocycles. The molecular weight excluding hydrogens is 462 g/mol. The minimum atomic E-state index is -0.104.